The average Bonchev–Trinajstić information content (AvgIpc) is 3.28. The zero-order valence-electron chi connectivity index (χ0n) is 15.0. The Morgan fingerprint density at radius 2 is 2.19 bits per heavy atom. The Bertz CT molecular complexity index is 846. The summed E-state index contributed by atoms with van der Waals surface area (Å²) >= 11 is 6.36. The molecule has 27 heavy (non-hydrogen) atoms. The third kappa shape index (κ3) is 3.57. The summed E-state index contributed by atoms with van der Waals surface area (Å²) in [5.74, 6) is -3.89. The van der Waals surface area contributed by atoms with Gasteiger partial charge in [0.05, 0.1) is 27.9 Å². The molecular weight excluding hydrogens is 374 g/mol. The summed E-state index contributed by atoms with van der Waals surface area (Å²) in [6.45, 7) is 0.666. The van der Waals surface area contributed by atoms with Crippen molar-refractivity contribution in [2.45, 2.75) is 50.6 Å². The van der Waals surface area contributed by atoms with Crippen LogP contribution in [0.5, 0.6) is 0 Å². The summed E-state index contributed by atoms with van der Waals surface area (Å²) in [6, 6.07) is 5.33. The molecule has 0 aromatic carbocycles. The van der Waals surface area contributed by atoms with Crippen molar-refractivity contribution in [1.29, 1.82) is 0 Å². The molecule has 4 nitrogen and oxygen atoms in total. The Morgan fingerprint density at radius 1 is 1.33 bits per heavy atom. The molecule has 2 aromatic heterocycles. The van der Waals surface area contributed by atoms with E-state index in [4.69, 9.17) is 16.3 Å². The average molecular weight is 397 g/mol. The molecule has 7 heteroatoms. The second-order valence-electron chi connectivity index (χ2n) is 7.47. The van der Waals surface area contributed by atoms with Crippen molar-refractivity contribution in [1.82, 2.24) is 9.72 Å². The van der Waals surface area contributed by atoms with Gasteiger partial charge in [-0.05, 0) is 43.9 Å². The van der Waals surface area contributed by atoms with Gasteiger partial charge < -0.3 is 14.5 Å². The largest absolute Gasteiger partial charge is 0.372 e. The van der Waals surface area contributed by atoms with Crippen LogP contribution >= 0.6 is 11.6 Å². The number of aromatic nitrogens is 1. The van der Waals surface area contributed by atoms with Crippen molar-refractivity contribution in [3.05, 3.63) is 40.7 Å². The van der Waals surface area contributed by atoms with Crippen molar-refractivity contribution in [2.24, 2.45) is 5.92 Å². The van der Waals surface area contributed by atoms with Crippen LogP contribution in [0.3, 0.4) is 0 Å². The minimum atomic E-state index is -2.71. The summed E-state index contributed by atoms with van der Waals surface area (Å²) in [7, 11) is 0. The highest BCUT2D eigenvalue weighted by Crippen LogP contribution is 2.38. The van der Waals surface area contributed by atoms with E-state index in [0.717, 1.165) is 25.0 Å². The van der Waals surface area contributed by atoms with Gasteiger partial charge in [0, 0.05) is 31.7 Å². The summed E-state index contributed by atoms with van der Waals surface area (Å²) < 4.78 is 35.8. The molecule has 0 spiro atoms. The SMILES string of the molecule is O=C(NCC1CCCCC1(F)F)c1cc(C2CCCO2)n2cccc(Cl)c12. The third-order valence-electron chi connectivity index (χ3n) is 5.69. The Kier molecular flexibility index (Phi) is 5.12. The van der Waals surface area contributed by atoms with E-state index >= 15 is 0 Å². The molecule has 1 aliphatic heterocycles. The fraction of sp³-hybridized carbons (Fsp3) is 0.550. The van der Waals surface area contributed by atoms with E-state index in [1.165, 1.54) is 0 Å². The van der Waals surface area contributed by atoms with E-state index in [0.29, 0.717) is 35.6 Å². The maximum absolute atomic E-state index is 14.1. The van der Waals surface area contributed by atoms with Gasteiger partial charge in [0.1, 0.15) is 0 Å². The van der Waals surface area contributed by atoms with Crippen LogP contribution in [-0.2, 0) is 4.74 Å². The summed E-state index contributed by atoms with van der Waals surface area (Å²) in [4.78, 5) is 12.8. The molecule has 2 aromatic rings. The van der Waals surface area contributed by atoms with E-state index in [2.05, 4.69) is 5.32 Å². The highest BCUT2D eigenvalue weighted by atomic mass is 35.5. The lowest BCUT2D eigenvalue weighted by atomic mass is 9.85. The zero-order valence-corrected chi connectivity index (χ0v) is 15.8. The first-order chi connectivity index (χ1) is 13.0. The normalized spacial score (nSPS) is 25.0. The van der Waals surface area contributed by atoms with E-state index in [9.17, 15) is 13.6 Å². The van der Waals surface area contributed by atoms with Gasteiger partial charge in [0.25, 0.3) is 11.8 Å². The number of carbonyl (C=O) groups is 1. The molecule has 1 aliphatic carbocycles. The second-order valence-corrected chi connectivity index (χ2v) is 7.88. The third-order valence-corrected chi connectivity index (χ3v) is 6.00. The smallest absolute Gasteiger partial charge is 0.253 e. The number of halogens is 3. The van der Waals surface area contributed by atoms with Crippen molar-refractivity contribution in [2.75, 3.05) is 13.2 Å². The van der Waals surface area contributed by atoms with Gasteiger partial charge in [0.15, 0.2) is 0 Å². The molecular formula is C20H23ClF2N2O2. The summed E-state index contributed by atoms with van der Waals surface area (Å²) in [5.41, 5.74) is 1.88. The number of alkyl halides is 2. The number of hydrogen-bond acceptors (Lipinski definition) is 2. The van der Waals surface area contributed by atoms with Gasteiger partial charge >= 0.3 is 0 Å². The number of rotatable bonds is 4. The molecule has 1 saturated carbocycles. The van der Waals surface area contributed by atoms with Crippen LogP contribution in [-0.4, -0.2) is 29.4 Å². The quantitative estimate of drug-likeness (QED) is 0.790. The van der Waals surface area contributed by atoms with Gasteiger partial charge in [-0.1, -0.05) is 18.0 Å². The van der Waals surface area contributed by atoms with Crippen molar-refractivity contribution < 1.29 is 18.3 Å². The number of pyridine rings is 1. The first-order valence-electron chi connectivity index (χ1n) is 9.54. The molecule has 2 aliphatic rings. The maximum Gasteiger partial charge on any atom is 0.253 e. The van der Waals surface area contributed by atoms with Crippen LogP contribution in [0.1, 0.15) is 60.7 Å². The number of ether oxygens (including phenoxy) is 1. The van der Waals surface area contributed by atoms with Crippen LogP contribution < -0.4 is 5.32 Å². The van der Waals surface area contributed by atoms with Crippen molar-refractivity contribution in [3.63, 3.8) is 0 Å². The van der Waals surface area contributed by atoms with Gasteiger partial charge in [-0.15, -0.1) is 0 Å². The number of nitrogens with zero attached hydrogens (tertiary/aromatic N) is 1. The Hall–Kier alpha value is -1.66. The van der Waals surface area contributed by atoms with Crippen molar-refractivity contribution in [3.8, 4) is 0 Å². The summed E-state index contributed by atoms with van der Waals surface area (Å²) in [5, 5.41) is 3.17. The number of nitrogens with one attached hydrogen (secondary N) is 1. The maximum atomic E-state index is 14.1. The van der Waals surface area contributed by atoms with Gasteiger partial charge in [-0.3, -0.25) is 4.79 Å². The Balaban J connectivity index is 1.60. The summed E-state index contributed by atoms with van der Waals surface area (Å²) in [6.07, 6.45) is 5.28. The van der Waals surface area contributed by atoms with E-state index in [1.807, 2.05) is 16.7 Å². The number of amides is 1. The lowest BCUT2D eigenvalue weighted by Gasteiger charge is -2.31. The van der Waals surface area contributed by atoms with E-state index < -0.39 is 11.8 Å². The molecule has 2 unspecified atom stereocenters. The predicted octanol–water partition coefficient (Wildman–Crippen LogP) is 5.00. The first-order valence-corrected chi connectivity index (χ1v) is 9.92. The lowest BCUT2D eigenvalue weighted by Crippen LogP contribution is -2.40. The molecule has 2 atom stereocenters. The molecule has 1 N–H and O–H groups in total. The van der Waals surface area contributed by atoms with E-state index in [1.54, 1.807) is 12.1 Å². The highest BCUT2D eigenvalue weighted by Gasteiger charge is 2.41. The van der Waals surface area contributed by atoms with Gasteiger partial charge in [-0.2, -0.15) is 0 Å². The van der Waals surface area contributed by atoms with E-state index in [-0.39, 0.29) is 25.0 Å². The monoisotopic (exact) mass is 396 g/mol. The van der Waals surface area contributed by atoms with Gasteiger partial charge in [-0.25, -0.2) is 8.78 Å². The number of hydrogen-bond donors (Lipinski definition) is 1. The van der Waals surface area contributed by atoms with Crippen LogP contribution in [0.4, 0.5) is 8.78 Å². The van der Waals surface area contributed by atoms with Crippen LogP contribution in [0, 0.1) is 5.92 Å². The van der Waals surface area contributed by atoms with Gasteiger partial charge in [0.2, 0.25) is 0 Å². The van der Waals surface area contributed by atoms with Crippen molar-refractivity contribution >= 4 is 23.0 Å². The fourth-order valence-electron chi connectivity index (χ4n) is 4.20. The minimum absolute atomic E-state index is 0.0249. The van der Waals surface area contributed by atoms with Crippen LogP contribution in [0.25, 0.3) is 5.52 Å². The molecule has 2 fully saturated rings. The first kappa shape index (κ1) is 18.7. The van der Waals surface area contributed by atoms with Crippen LogP contribution in [0.15, 0.2) is 24.4 Å². The lowest BCUT2D eigenvalue weighted by molar-refractivity contribution is -0.0835. The molecule has 4 rings (SSSR count). The topological polar surface area (TPSA) is 42.7 Å². The highest BCUT2D eigenvalue weighted by molar-refractivity contribution is 6.34. The predicted molar refractivity (Wildman–Crippen MR) is 99.6 cm³/mol. The molecule has 1 saturated heterocycles. The molecule has 146 valence electrons. The molecule has 0 radical (unpaired) electrons. The fourth-order valence-corrected chi connectivity index (χ4v) is 4.47. The number of fused-ring (bicyclic) bond motifs is 1. The molecule has 3 heterocycles. The second kappa shape index (κ2) is 7.40. The number of carbonyl (C=O) groups excluding carboxylic acids is 1. The Morgan fingerprint density at radius 3 is 2.93 bits per heavy atom. The molecule has 1 amide bonds. The van der Waals surface area contributed by atoms with Crippen LogP contribution in [0.2, 0.25) is 5.02 Å². The standard InChI is InChI=1S/C20H23ClF2N2O2/c21-15-6-3-9-25-16(17-7-4-10-27-17)11-14(18(15)25)19(26)24-12-13-5-1-2-8-20(13,22)23/h3,6,9,11,13,17H,1-2,4-5,7-8,10,12H2,(H,24,26). The Labute approximate surface area is 161 Å². The molecule has 0 bridgehead atoms. The zero-order chi connectivity index (χ0) is 19.0. The minimum Gasteiger partial charge on any atom is -0.372 e.